The van der Waals surface area contributed by atoms with Crippen LogP contribution in [0.5, 0.6) is 0 Å². The molecule has 0 aromatic heterocycles. The van der Waals surface area contributed by atoms with Crippen molar-refractivity contribution >= 4 is 19.8 Å². The maximum Gasteiger partial charge on any atom is 0.472 e. The number of phosphoric acid groups is 1. The van der Waals surface area contributed by atoms with Gasteiger partial charge in [0.05, 0.1) is 27.7 Å². The first-order valence-electron chi connectivity index (χ1n) is 30.9. The Hall–Kier alpha value is -2.03. The minimum atomic E-state index is -4.37. The first kappa shape index (κ1) is 71.0. The molecule has 0 rings (SSSR count). The molecule has 0 bridgehead atoms. The van der Waals surface area contributed by atoms with E-state index in [1.807, 2.05) is 21.1 Å². The van der Waals surface area contributed by atoms with Crippen molar-refractivity contribution in [1.29, 1.82) is 0 Å². The summed E-state index contributed by atoms with van der Waals surface area (Å²) in [5.74, 6) is -0.789. The Morgan fingerprint density at radius 3 is 1.16 bits per heavy atom. The molecule has 2 unspecified atom stereocenters. The van der Waals surface area contributed by atoms with Crippen LogP contribution in [0.1, 0.15) is 290 Å². The summed E-state index contributed by atoms with van der Waals surface area (Å²) in [6, 6.07) is 0. The number of allylic oxidation sites excluding steroid dienone is 8. The minimum absolute atomic E-state index is 0.0347. The predicted octanol–water partition coefficient (Wildman–Crippen LogP) is 19.3. The van der Waals surface area contributed by atoms with E-state index in [2.05, 4.69) is 62.5 Å². The Kier molecular flexibility index (Phi) is 53.2. The molecule has 0 aromatic carbocycles. The number of esters is 2. The highest BCUT2D eigenvalue weighted by molar-refractivity contribution is 7.47. The second kappa shape index (κ2) is 54.7. The van der Waals surface area contributed by atoms with Crippen molar-refractivity contribution < 1.29 is 42.1 Å². The van der Waals surface area contributed by atoms with Crippen LogP contribution in [-0.2, 0) is 32.7 Å². The van der Waals surface area contributed by atoms with Gasteiger partial charge in [-0.25, -0.2) is 4.57 Å². The molecule has 0 fully saturated rings. The first-order chi connectivity index (χ1) is 35.5. The lowest BCUT2D eigenvalue weighted by Gasteiger charge is -2.24. The average molecular weight is 1050 g/mol. The Morgan fingerprint density at radius 2 is 0.781 bits per heavy atom. The van der Waals surface area contributed by atoms with Crippen LogP contribution in [0.3, 0.4) is 0 Å². The van der Waals surface area contributed by atoms with Crippen LogP contribution in [0.4, 0.5) is 0 Å². The van der Waals surface area contributed by atoms with Crippen LogP contribution in [0.25, 0.3) is 0 Å². The van der Waals surface area contributed by atoms with Gasteiger partial charge in [-0.2, -0.15) is 0 Å². The lowest BCUT2D eigenvalue weighted by atomic mass is 10.0. The molecule has 0 heterocycles. The van der Waals surface area contributed by atoms with Crippen LogP contribution >= 0.6 is 7.82 Å². The van der Waals surface area contributed by atoms with Crippen LogP contribution in [0.15, 0.2) is 48.6 Å². The number of ether oxygens (including phenoxy) is 2. The normalized spacial score (nSPS) is 13.6. The summed E-state index contributed by atoms with van der Waals surface area (Å²) in [5, 5.41) is 0. The molecule has 0 saturated carbocycles. The van der Waals surface area contributed by atoms with Gasteiger partial charge in [-0.3, -0.25) is 18.6 Å². The van der Waals surface area contributed by atoms with E-state index >= 15 is 0 Å². The van der Waals surface area contributed by atoms with E-state index in [1.165, 1.54) is 199 Å². The van der Waals surface area contributed by atoms with Gasteiger partial charge >= 0.3 is 19.8 Å². The number of nitrogens with zero attached hydrogens (tertiary/aromatic N) is 1. The highest BCUT2D eigenvalue weighted by Gasteiger charge is 2.27. The van der Waals surface area contributed by atoms with E-state index in [-0.39, 0.29) is 25.6 Å². The average Bonchev–Trinajstić information content (AvgIpc) is 3.35. The highest BCUT2D eigenvalue weighted by atomic mass is 31.2. The largest absolute Gasteiger partial charge is 0.472 e. The standard InChI is InChI=1S/C63H118NO8P/c1-6-8-10-12-14-16-17-18-19-20-21-22-23-24-25-26-27-28-29-30-31-32-33-34-35-36-37-38-39-40-41-42-43-44-45-46-47-48-50-52-54-56-63(66)72-61(60-71-73(67,68)70-58-57-64(3,4)5)59-69-62(65)55-53-51-49-15-13-11-9-7-2/h8,10,14,16,18-19,21-22,61H,6-7,9,11-13,15,17,20,23-60H2,1-5H3/p+1/b10-8-,16-14-,19-18-,22-21-. The third kappa shape index (κ3) is 59.1. The van der Waals surface area contributed by atoms with Gasteiger partial charge in [0.2, 0.25) is 0 Å². The maximum absolute atomic E-state index is 12.8. The molecule has 9 nitrogen and oxygen atoms in total. The van der Waals surface area contributed by atoms with Gasteiger partial charge in [-0.15, -0.1) is 0 Å². The number of quaternary nitrogens is 1. The summed E-state index contributed by atoms with van der Waals surface area (Å²) in [7, 11) is 1.49. The van der Waals surface area contributed by atoms with E-state index in [9.17, 15) is 19.0 Å². The fraction of sp³-hybridized carbons (Fsp3) is 0.841. The number of hydrogen-bond acceptors (Lipinski definition) is 7. The van der Waals surface area contributed by atoms with Gasteiger partial charge < -0.3 is 18.9 Å². The molecule has 10 heteroatoms. The minimum Gasteiger partial charge on any atom is -0.462 e. The zero-order valence-corrected chi connectivity index (χ0v) is 49.5. The molecule has 0 saturated heterocycles. The van der Waals surface area contributed by atoms with Crippen molar-refractivity contribution in [3.05, 3.63) is 48.6 Å². The van der Waals surface area contributed by atoms with E-state index in [1.54, 1.807) is 0 Å². The first-order valence-corrected chi connectivity index (χ1v) is 32.4. The Bertz CT molecular complexity index is 1370. The number of unbranched alkanes of at least 4 members (excludes halogenated alkanes) is 35. The lowest BCUT2D eigenvalue weighted by molar-refractivity contribution is -0.870. The second-order valence-electron chi connectivity index (χ2n) is 22.1. The van der Waals surface area contributed by atoms with Crippen molar-refractivity contribution in [2.24, 2.45) is 0 Å². The third-order valence-electron chi connectivity index (χ3n) is 13.6. The lowest BCUT2D eigenvalue weighted by Crippen LogP contribution is -2.37. The smallest absolute Gasteiger partial charge is 0.462 e. The summed E-state index contributed by atoms with van der Waals surface area (Å²) in [5.41, 5.74) is 0. The van der Waals surface area contributed by atoms with E-state index in [0.29, 0.717) is 23.9 Å². The molecular weight excluding hydrogens is 930 g/mol. The molecule has 428 valence electrons. The summed E-state index contributed by atoms with van der Waals surface area (Å²) in [4.78, 5) is 35.4. The fourth-order valence-corrected chi connectivity index (χ4v) is 9.63. The summed E-state index contributed by atoms with van der Waals surface area (Å²) >= 11 is 0. The molecular formula is C63H119NO8P+. The predicted molar refractivity (Wildman–Crippen MR) is 312 cm³/mol. The monoisotopic (exact) mass is 1050 g/mol. The molecule has 73 heavy (non-hydrogen) atoms. The van der Waals surface area contributed by atoms with Gasteiger partial charge in [0, 0.05) is 12.8 Å². The Labute approximate surface area is 452 Å². The quantitative estimate of drug-likeness (QED) is 0.0211. The highest BCUT2D eigenvalue weighted by Crippen LogP contribution is 2.43. The topological polar surface area (TPSA) is 108 Å². The van der Waals surface area contributed by atoms with Crippen molar-refractivity contribution in [2.45, 2.75) is 296 Å². The van der Waals surface area contributed by atoms with Crippen LogP contribution in [0.2, 0.25) is 0 Å². The van der Waals surface area contributed by atoms with Crippen molar-refractivity contribution in [1.82, 2.24) is 0 Å². The number of hydrogen-bond donors (Lipinski definition) is 1. The summed E-state index contributed by atoms with van der Waals surface area (Å²) < 4.78 is 34.4. The Morgan fingerprint density at radius 1 is 0.438 bits per heavy atom. The van der Waals surface area contributed by atoms with Gasteiger partial charge in [0.15, 0.2) is 6.10 Å². The third-order valence-corrected chi connectivity index (χ3v) is 14.6. The van der Waals surface area contributed by atoms with Crippen LogP contribution in [-0.4, -0.2) is 74.9 Å². The number of likely N-dealkylation sites (N-methyl/N-ethyl adjacent to an activating group) is 1. The van der Waals surface area contributed by atoms with Gasteiger partial charge in [-0.05, 0) is 51.4 Å². The molecule has 0 aliphatic carbocycles. The molecule has 0 aliphatic rings. The SMILES string of the molecule is CC/C=C\C/C=C\C/C=C\C/C=C\CCCCCCCCCCCCCCCCCCCCCCCCCCCCCCC(=O)OC(COC(=O)CCCCCCCCCC)COP(=O)(O)OCC[N+](C)(C)C. The van der Waals surface area contributed by atoms with E-state index in [4.69, 9.17) is 18.5 Å². The van der Waals surface area contributed by atoms with Crippen LogP contribution < -0.4 is 0 Å². The summed E-state index contributed by atoms with van der Waals surface area (Å²) in [6.45, 7) is 4.31. The molecule has 0 amide bonds. The molecule has 0 aromatic rings. The molecule has 0 radical (unpaired) electrons. The van der Waals surface area contributed by atoms with Gasteiger partial charge in [0.1, 0.15) is 19.8 Å². The Balaban J connectivity index is 3.75. The zero-order chi connectivity index (χ0) is 53.5. The number of carbonyl (C=O) groups is 2. The molecule has 1 N–H and O–H groups in total. The molecule has 2 atom stereocenters. The number of rotatable bonds is 57. The summed E-state index contributed by atoms with van der Waals surface area (Å²) in [6.07, 6.45) is 69.7. The van der Waals surface area contributed by atoms with Crippen molar-refractivity contribution in [3.63, 3.8) is 0 Å². The van der Waals surface area contributed by atoms with Crippen molar-refractivity contribution in [2.75, 3.05) is 47.5 Å². The van der Waals surface area contributed by atoms with Gasteiger partial charge in [-0.1, -0.05) is 274 Å². The van der Waals surface area contributed by atoms with E-state index in [0.717, 1.165) is 57.8 Å². The maximum atomic E-state index is 12.8. The molecule has 0 spiro atoms. The number of carbonyl (C=O) groups excluding carboxylic acids is 2. The van der Waals surface area contributed by atoms with E-state index < -0.39 is 26.5 Å². The van der Waals surface area contributed by atoms with Crippen LogP contribution in [0, 0.1) is 0 Å². The van der Waals surface area contributed by atoms with Gasteiger partial charge in [0.25, 0.3) is 0 Å². The fourth-order valence-electron chi connectivity index (χ4n) is 8.89. The molecule has 0 aliphatic heterocycles. The second-order valence-corrected chi connectivity index (χ2v) is 23.5. The zero-order valence-electron chi connectivity index (χ0n) is 48.6. The van der Waals surface area contributed by atoms with Crippen molar-refractivity contribution in [3.8, 4) is 0 Å². The number of phosphoric ester groups is 1.